The molecule has 0 radical (unpaired) electrons. The van der Waals surface area contributed by atoms with Crippen molar-refractivity contribution in [2.75, 3.05) is 34.0 Å². The molecule has 0 bridgehead atoms. The van der Waals surface area contributed by atoms with Crippen LogP contribution in [0.2, 0.25) is 0 Å². The lowest BCUT2D eigenvalue weighted by Gasteiger charge is -2.20. The van der Waals surface area contributed by atoms with E-state index >= 15 is 0 Å². The van der Waals surface area contributed by atoms with Gasteiger partial charge in [-0.25, -0.2) is 4.57 Å². The van der Waals surface area contributed by atoms with Crippen molar-refractivity contribution in [3.63, 3.8) is 0 Å². The maximum absolute atomic E-state index is 13.7. The van der Waals surface area contributed by atoms with Crippen LogP contribution in [0.3, 0.4) is 0 Å². The van der Waals surface area contributed by atoms with Gasteiger partial charge in [-0.15, -0.1) is 0 Å². The van der Waals surface area contributed by atoms with E-state index < -0.39 is 19.5 Å². The van der Waals surface area contributed by atoms with Gasteiger partial charge in [-0.05, 0) is 36.4 Å². The molecular weight excluding hydrogens is 447 g/mol. The lowest BCUT2D eigenvalue weighted by atomic mass is 10.1. The first-order chi connectivity index (χ1) is 16.0. The van der Waals surface area contributed by atoms with Gasteiger partial charge in [-0.1, -0.05) is 36.4 Å². The second-order valence-corrected chi connectivity index (χ2v) is 8.66. The topological polar surface area (TPSA) is 89.5 Å². The van der Waals surface area contributed by atoms with Crippen LogP contribution in [0.5, 0.6) is 23.0 Å². The number of para-hydroxylation sites is 2. The van der Waals surface area contributed by atoms with Gasteiger partial charge in [0, 0.05) is 20.3 Å². The summed E-state index contributed by atoms with van der Waals surface area (Å²) in [6, 6.07) is 21.7. The van der Waals surface area contributed by atoms with Crippen molar-refractivity contribution in [3.8, 4) is 23.0 Å². The van der Waals surface area contributed by atoms with E-state index in [0.717, 1.165) is 0 Å². The highest BCUT2D eigenvalue weighted by atomic mass is 31.2. The number of Topliss-reactive ketones (excluding diaryl/α,β-unsaturated/α-hetero) is 1. The first-order valence-electron chi connectivity index (χ1n) is 10.0. The van der Waals surface area contributed by atoms with E-state index in [1.807, 2.05) is 0 Å². The van der Waals surface area contributed by atoms with Crippen LogP contribution >= 0.6 is 7.60 Å². The molecule has 0 saturated heterocycles. The number of carbonyl (C=O) groups is 1. The molecule has 0 aliphatic heterocycles. The third kappa shape index (κ3) is 7.36. The molecule has 0 spiro atoms. The Kier molecular flexibility index (Phi) is 8.89. The van der Waals surface area contributed by atoms with Crippen LogP contribution < -0.4 is 18.5 Å². The third-order valence-corrected chi connectivity index (χ3v) is 5.89. The summed E-state index contributed by atoms with van der Waals surface area (Å²) in [7, 11) is -0.990. The summed E-state index contributed by atoms with van der Waals surface area (Å²) in [4.78, 5) is 13.2. The maximum Gasteiger partial charge on any atom is 0.438 e. The standard InChI is InChI=1S/C24H25O8P/c1-27-17-29-21-13-14-22(24(15-21)30-18-28-2)23(25)16-33(26,31-19-9-5-3-6-10-19)32-20-11-7-4-8-12-20/h3-15H,16-18H2,1-2H3. The van der Waals surface area contributed by atoms with Crippen molar-refractivity contribution in [2.24, 2.45) is 0 Å². The fourth-order valence-corrected chi connectivity index (χ4v) is 4.39. The second-order valence-electron chi connectivity index (χ2n) is 6.76. The lowest BCUT2D eigenvalue weighted by molar-refractivity contribution is 0.0456. The Morgan fingerprint density at radius 1 is 0.727 bits per heavy atom. The SMILES string of the molecule is COCOc1ccc(C(=O)CP(=O)(Oc2ccccc2)Oc2ccccc2)c(OCOC)c1. The average molecular weight is 472 g/mol. The number of benzene rings is 3. The Labute approximate surface area is 192 Å². The summed E-state index contributed by atoms with van der Waals surface area (Å²) in [5, 5.41) is 0. The van der Waals surface area contributed by atoms with Gasteiger partial charge < -0.3 is 28.0 Å². The zero-order valence-electron chi connectivity index (χ0n) is 18.3. The number of ether oxygens (including phenoxy) is 4. The molecule has 3 rings (SSSR count). The van der Waals surface area contributed by atoms with Crippen LogP contribution in [0, 0.1) is 0 Å². The molecular formula is C24H25O8P. The van der Waals surface area contributed by atoms with E-state index in [9.17, 15) is 9.36 Å². The van der Waals surface area contributed by atoms with Crippen molar-refractivity contribution in [1.82, 2.24) is 0 Å². The average Bonchev–Trinajstić information content (AvgIpc) is 2.82. The highest BCUT2D eigenvalue weighted by molar-refractivity contribution is 7.55. The summed E-state index contributed by atoms with van der Waals surface area (Å²) in [5.74, 6) is 0.798. The Balaban J connectivity index is 1.88. The lowest BCUT2D eigenvalue weighted by Crippen LogP contribution is -2.15. The van der Waals surface area contributed by atoms with Crippen molar-refractivity contribution in [3.05, 3.63) is 84.4 Å². The second kappa shape index (κ2) is 12.1. The summed E-state index contributed by atoms with van der Waals surface area (Å²) in [6.45, 7) is -0.0608. The van der Waals surface area contributed by atoms with Gasteiger partial charge in [0.15, 0.2) is 19.4 Å². The quantitative estimate of drug-likeness (QED) is 0.191. The summed E-state index contributed by atoms with van der Waals surface area (Å²) in [5.41, 5.74) is 0.186. The summed E-state index contributed by atoms with van der Waals surface area (Å²) in [6.07, 6.45) is -0.515. The predicted molar refractivity (Wildman–Crippen MR) is 122 cm³/mol. The number of methoxy groups -OCH3 is 2. The summed E-state index contributed by atoms with van der Waals surface area (Å²) >= 11 is 0. The van der Waals surface area contributed by atoms with E-state index in [1.54, 1.807) is 66.7 Å². The van der Waals surface area contributed by atoms with Crippen molar-refractivity contribution in [1.29, 1.82) is 0 Å². The molecule has 0 saturated carbocycles. The molecule has 0 amide bonds. The fourth-order valence-electron chi connectivity index (χ4n) is 2.82. The molecule has 0 aromatic heterocycles. The highest BCUT2D eigenvalue weighted by Gasteiger charge is 2.33. The fraction of sp³-hybridized carbons (Fsp3) is 0.208. The molecule has 0 aliphatic rings. The molecule has 3 aromatic rings. The molecule has 3 aromatic carbocycles. The smallest absolute Gasteiger partial charge is 0.438 e. The Hall–Kier alpha value is -3.32. The third-order valence-electron chi connectivity index (χ3n) is 4.24. The van der Waals surface area contributed by atoms with E-state index in [-0.39, 0.29) is 24.9 Å². The van der Waals surface area contributed by atoms with Gasteiger partial charge >= 0.3 is 7.60 Å². The van der Waals surface area contributed by atoms with E-state index in [2.05, 4.69) is 0 Å². The van der Waals surface area contributed by atoms with Crippen LogP contribution in [0.25, 0.3) is 0 Å². The number of hydrogen-bond donors (Lipinski definition) is 0. The zero-order valence-corrected chi connectivity index (χ0v) is 19.2. The van der Waals surface area contributed by atoms with Crippen LogP contribution in [0.4, 0.5) is 0 Å². The molecule has 174 valence electrons. The van der Waals surface area contributed by atoms with E-state index in [1.165, 1.54) is 26.4 Å². The van der Waals surface area contributed by atoms with Gasteiger partial charge in [0.05, 0.1) is 5.56 Å². The molecule has 0 heterocycles. The maximum atomic E-state index is 13.7. The largest absolute Gasteiger partial charge is 0.467 e. The molecule has 8 nitrogen and oxygen atoms in total. The van der Waals surface area contributed by atoms with Crippen LogP contribution in [0.15, 0.2) is 78.9 Å². The highest BCUT2D eigenvalue weighted by Crippen LogP contribution is 2.49. The van der Waals surface area contributed by atoms with Crippen LogP contribution in [0.1, 0.15) is 10.4 Å². The minimum atomic E-state index is -3.95. The number of carbonyl (C=O) groups excluding carboxylic acids is 1. The van der Waals surface area contributed by atoms with Crippen molar-refractivity contribution in [2.45, 2.75) is 0 Å². The Morgan fingerprint density at radius 3 is 1.82 bits per heavy atom. The van der Waals surface area contributed by atoms with E-state index in [4.69, 9.17) is 28.0 Å². The monoisotopic (exact) mass is 472 g/mol. The number of ketones is 1. The molecule has 0 aliphatic carbocycles. The summed E-state index contributed by atoms with van der Waals surface area (Å²) < 4.78 is 45.9. The molecule has 9 heteroatoms. The number of rotatable bonds is 13. The minimum absolute atomic E-state index is 0.0298. The predicted octanol–water partition coefficient (Wildman–Crippen LogP) is 5.19. The Bertz CT molecular complexity index is 1030. The van der Waals surface area contributed by atoms with Crippen LogP contribution in [-0.4, -0.2) is 39.8 Å². The van der Waals surface area contributed by atoms with Crippen molar-refractivity contribution < 1.29 is 37.4 Å². The molecule has 0 fully saturated rings. The van der Waals surface area contributed by atoms with Crippen LogP contribution in [-0.2, 0) is 14.0 Å². The van der Waals surface area contributed by atoms with Gasteiger partial charge in [-0.2, -0.15) is 0 Å². The van der Waals surface area contributed by atoms with Crippen molar-refractivity contribution >= 4 is 13.4 Å². The molecule has 0 unspecified atom stereocenters. The normalized spacial score (nSPS) is 11.0. The minimum Gasteiger partial charge on any atom is -0.467 e. The first kappa shape index (κ1) is 24.3. The molecule has 0 atom stereocenters. The molecule has 33 heavy (non-hydrogen) atoms. The number of hydrogen-bond acceptors (Lipinski definition) is 8. The first-order valence-corrected chi connectivity index (χ1v) is 11.7. The molecule has 0 N–H and O–H groups in total. The van der Waals surface area contributed by atoms with Gasteiger partial charge in [0.1, 0.15) is 29.2 Å². The van der Waals surface area contributed by atoms with Gasteiger partial charge in [0.25, 0.3) is 0 Å². The zero-order chi connectivity index (χ0) is 23.5. The van der Waals surface area contributed by atoms with E-state index in [0.29, 0.717) is 17.2 Å². The van der Waals surface area contributed by atoms with Gasteiger partial charge in [-0.3, -0.25) is 4.79 Å². The van der Waals surface area contributed by atoms with Gasteiger partial charge in [0.2, 0.25) is 0 Å². The Morgan fingerprint density at radius 2 is 1.27 bits per heavy atom.